The van der Waals surface area contributed by atoms with Gasteiger partial charge in [-0.1, -0.05) is 52.8 Å². The Labute approximate surface area is 165 Å². The predicted molar refractivity (Wildman–Crippen MR) is 118 cm³/mol. The first kappa shape index (κ1) is 26.9. The van der Waals surface area contributed by atoms with Crippen LogP contribution in [0.1, 0.15) is 66.0 Å². The molecule has 0 aromatic heterocycles. The van der Waals surface area contributed by atoms with Gasteiger partial charge in [0.25, 0.3) is 0 Å². The second-order valence-corrected chi connectivity index (χ2v) is 5.46. The van der Waals surface area contributed by atoms with Crippen LogP contribution in [0.5, 0.6) is 5.75 Å². The third-order valence-electron chi connectivity index (χ3n) is 3.20. The fourth-order valence-electron chi connectivity index (χ4n) is 2.07. The van der Waals surface area contributed by atoms with Crippen LogP contribution in [0.25, 0.3) is 0 Å². The molecule has 0 aliphatic heterocycles. The van der Waals surface area contributed by atoms with Crippen LogP contribution in [0, 0.1) is 12.7 Å². The highest BCUT2D eigenvalue weighted by Gasteiger charge is 2.16. The van der Waals surface area contributed by atoms with Gasteiger partial charge in [-0.05, 0) is 56.5 Å². The van der Waals surface area contributed by atoms with Crippen LogP contribution in [-0.4, -0.2) is 17.4 Å². The number of benzene rings is 1. The number of hydrogen-bond acceptors (Lipinski definition) is 3. The minimum Gasteiger partial charge on any atom is -0.507 e. The molecule has 0 amide bonds. The fraction of sp³-hybridized carbons (Fsp3) is 0.435. The SMILES string of the molecule is CC.CC.CC/C=C\C=C(/C)C(=NC/C=C(\C)N)c1c(O)cc(C)cc1F. The molecular formula is C23H37FN2O. The summed E-state index contributed by atoms with van der Waals surface area (Å²) in [6.45, 7) is 15.7. The molecule has 0 aliphatic carbocycles. The van der Waals surface area contributed by atoms with Crippen LogP contribution >= 0.6 is 0 Å². The normalized spacial score (nSPS) is 12.3. The summed E-state index contributed by atoms with van der Waals surface area (Å²) in [6.07, 6.45) is 8.42. The molecule has 0 radical (unpaired) electrons. The van der Waals surface area contributed by atoms with Gasteiger partial charge in [0.2, 0.25) is 0 Å². The van der Waals surface area contributed by atoms with E-state index in [0.717, 1.165) is 12.0 Å². The Balaban J connectivity index is 0. The number of nitrogens with two attached hydrogens (primary N) is 1. The minimum atomic E-state index is -0.484. The summed E-state index contributed by atoms with van der Waals surface area (Å²) < 4.78 is 14.4. The third-order valence-corrected chi connectivity index (χ3v) is 3.20. The molecule has 27 heavy (non-hydrogen) atoms. The van der Waals surface area contributed by atoms with Crippen molar-refractivity contribution in [2.75, 3.05) is 6.54 Å². The van der Waals surface area contributed by atoms with E-state index in [2.05, 4.69) is 4.99 Å². The molecule has 1 rings (SSSR count). The number of phenols is 1. The number of aromatic hydroxyl groups is 1. The van der Waals surface area contributed by atoms with Crippen LogP contribution in [0.4, 0.5) is 4.39 Å². The van der Waals surface area contributed by atoms with Crippen molar-refractivity contribution in [3.63, 3.8) is 0 Å². The molecule has 1 aromatic carbocycles. The van der Waals surface area contributed by atoms with E-state index in [0.29, 0.717) is 23.5 Å². The smallest absolute Gasteiger partial charge is 0.136 e. The first-order valence-corrected chi connectivity index (χ1v) is 9.66. The van der Waals surface area contributed by atoms with Gasteiger partial charge in [-0.3, -0.25) is 4.99 Å². The highest BCUT2D eigenvalue weighted by Crippen LogP contribution is 2.26. The first-order chi connectivity index (χ1) is 12.9. The highest BCUT2D eigenvalue weighted by atomic mass is 19.1. The Bertz CT molecular complexity index is 644. The van der Waals surface area contributed by atoms with Gasteiger partial charge in [0, 0.05) is 5.70 Å². The zero-order valence-electron chi connectivity index (χ0n) is 18.2. The van der Waals surface area contributed by atoms with Crippen LogP contribution in [0.2, 0.25) is 0 Å². The van der Waals surface area contributed by atoms with Crippen LogP contribution in [-0.2, 0) is 0 Å². The summed E-state index contributed by atoms with van der Waals surface area (Å²) in [5, 5.41) is 10.2. The van der Waals surface area contributed by atoms with Crippen LogP contribution in [0.15, 0.2) is 52.7 Å². The van der Waals surface area contributed by atoms with Gasteiger partial charge in [-0.15, -0.1) is 0 Å². The minimum absolute atomic E-state index is 0.109. The monoisotopic (exact) mass is 376 g/mol. The second-order valence-electron chi connectivity index (χ2n) is 5.46. The largest absolute Gasteiger partial charge is 0.507 e. The topological polar surface area (TPSA) is 58.6 Å². The lowest BCUT2D eigenvalue weighted by atomic mass is 9.99. The average molecular weight is 377 g/mol. The number of allylic oxidation sites excluding steroid dienone is 5. The Morgan fingerprint density at radius 3 is 2.26 bits per heavy atom. The molecule has 0 atom stereocenters. The van der Waals surface area contributed by atoms with Gasteiger partial charge < -0.3 is 10.8 Å². The molecule has 152 valence electrons. The van der Waals surface area contributed by atoms with Crippen molar-refractivity contribution in [2.24, 2.45) is 10.7 Å². The van der Waals surface area contributed by atoms with E-state index in [1.165, 1.54) is 12.1 Å². The first-order valence-electron chi connectivity index (χ1n) is 9.66. The summed E-state index contributed by atoms with van der Waals surface area (Å²) in [6, 6.07) is 2.93. The lowest BCUT2D eigenvalue weighted by Crippen LogP contribution is -2.08. The Kier molecular flexibility index (Phi) is 15.8. The van der Waals surface area contributed by atoms with E-state index >= 15 is 0 Å². The average Bonchev–Trinajstić information content (AvgIpc) is 2.63. The van der Waals surface area contributed by atoms with Crippen LogP contribution in [0.3, 0.4) is 0 Å². The lowest BCUT2D eigenvalue weighted by Gasteiger charge is -2.11. The number of rotatable bonds is 6. The molecule has 4 heteroatoms. The highest BCUT2D eigenvalue weighted by molar-refractivity contribution is 6.14. The Morgan fingerprint density at radius 1 is 1.19 bits per heavy atom. The number of aliphatic imine (C=N–C) groups is 1. The molecule has 0 fully saturated rings. The van der Waals surface area contributed by atoms with E-state index in [4.69, 9.17) is 5.73 Å². The number of aryl methyl sites for hydroxylation is 1. The van der Waals surface area contributed by atoms with Gasteiger partial charge in [0.05, 0.1) is 17.8 Å². The summed E-state index contributed by atoms with van der Waals surface area (Å²) in [5.74, 6) is -0.594. The van der Waals surface area contributed by atoms with Crippen molar-refractivity contribution in [1.29, 1.82) is 0 Å². The van der Waals surface area contributed by atoms with E-state index in [1.54, 1.807) is 19.9 Å². The zero-order chi connectivity index (χ0) is 21.4. The van der Waals surface area contributed by atoms with Gasteiger partial charge in [0.15, 0.2) is 0 Å². The second kappa shape index (κ2) is 15.9. The number of phenolic OH excluding ortho intramolecular Hbond substituents is 1. The van der Waals surface area contributed by atoms with Crippen molar-refractivity contribution >= 4 is 5.71 Å². The van der Waals surface area contributed by atoms with E-state index in [9.17, 15) is 9.50 Å². The number of halogens is 1. The Morgan fingerprint density at radius 2 is 1.78 bits per heavy atom. The Hall–Kier alpha value is -2.36. The molecule has 0 saturated heterocycles. The van der Waals surface area contributed by atoms with Crippen LogP contribution < -0.4 is 5.73 Å². The summed E-state index contributed by atoms with van der Waals surface area (Å²) in [7, 11) is 0. The predicted octanol–water partition coefficient (Wildman–Crippen LogP) is 6.46. The molecule has 3 nitrogen and oxygen atoms in total. The van der Waals surface area contributed by atoms with Crippen molar-refractivity contribution in [3.8, 4) is 5.75 Å². The van der Waals surface area contributed by atoms with Gasteiger partial charge in [-0.25, -0.2) is 4.39 Å². The summed E-state index contributed by atoms with van der Waals surface area (Å²) >= 11 is 0. The van der Waals surface area contributed by atoms with Gasteiger partial charge in [-0.2, -0.15) is 0 Å². The molecule has 0 bridgehead atoms. The van der Waals surface area contributed by atoms with Gasteiger partial charge >= 0.3 is 0 Å². The summed E-state index contributed by atoms with van der Waals surface area (Å²) in [5.41, 5.74) is 8.25. The molecule has 0 heterocycles. The van der Waals surface area contributed by atoms with E-state index < -0.39 is 5.82 Å². The molecule has 0 unspecified atom stereocenters. The lowest BCUT2D eigenvalue weighted by molar-refractivity contribution is 0.467. The fourth-order valence-corrected chi connectivity index (χ4v) is 2.07. The quantitative estimate of drug-likeness (QED) is 0.442. The molecule has 0 saturated carbocycles. The maximum atomic E-state index is 14.4. The molecule has 0 spiro atoms. The summed E-state index contributed by atoms with van der Waals surface area (Å²) in [4.78, 5) is 4.42. The molecule has 3 N–H and O–H groups in total. The van der Waals surface area contributed by atoms with Crippen molar-refractivity contribution < 1.29 is 9.50 Å². The molecule has 1 aromatic rings. The zero-order valence-corrected chi connectivity index (χ0v) is 18.2. The van der Waals surface area contributed by atoms with Crippen molar-refractivity contribution in [1.82, 2.24) is 0 Å². The molecular weight excluding hydrogens is 339 g/mol. The van der Waals surface area contributed by atoms with Crippen molar-refractivity contribution in [3.05, 3.63) is 64.7 Å². The van der Waals surface area contributed by atoms with E-state index in [-0.39, 0.29) is 11.3 Å². The molecule has 0 aliphatic rings. The maximum Gasteiger partial charge on any atom is 0.136 e. The third kappa shape index (κ3) is 10.4. The number of nitrogens with zero attached hydrogens (tertiary/aromatic N) is 1. The van der Waals surface area contributed by atoms with Crippen molar-refractivity contribution in [2.45, 2.75) is 61.8 Å². The van der Waals surface area contributed by atoms with E-state index in [1.807, 2.05) is 59.8 Å². The number of hydrogen-bond donors (Lipinski definition) is 2. The maximum absolute atomic E-state index is 14.4. The van der Waals surface area contributed by atoms with Gasteiger partial charge in [0.1, 0.15) is 11.6 Å². The standard InChI is InChI=1S/C19H25FN2O.2C2H6/c1-5-6-7-8-14(3)19(22-10-9-15(4)21)18-16(20)11-13(2)12-17(18)23;2*1-2/h6-9,11-12,23H,5,10,21H2,1-4H3;2*1-2H3/b7-6-,14-8+,15-9+,22-19?;;.